The normalized spacial score (nSPS) is 21.4. The maximum absolute atomic E-state index is 6.81. The monoisotopic (exact) mass is 274 g/mol. The summed E-state index contributed by atoms with van der Waals surface area (Å²) in [6.45, 7) is 6.92. The Bertz CT molecular complexity index is 380. The Morgan fingerprint density at radius 1 is 1.15 bits per heavy atom. The van der Waals surface area contributed by atoms with Crippen LogP contribution in [0.25, 0.3) is 0 Å². The van der Waals surface area contributed by atoms with Crippen molar-refractivity contribution in [1.29, 1.82) is 0 Å². The van der Waals surface area contributed by atoms with E-state index < -0.39 is 0 Å². The molecule has 0 amide bonds. The van der Waals surface area contributed by atoms with Gasteiger partial charge in [0, 0.05) is 6.04 Å². The van der Waals surface area contributed by atoms with Crippen molar-refractivity contribution in [1.82, 2.24) is 4.90 Å². The SMILES string of the molecule is CCCCC(N1CCCCC1)C(C)(N)c1ccccc1. The fraction of sp³-hybridized carbons (Fsp3) is 0.667. The molecule has 0 radical (unpaired) electrons. The van der Waals surface area contributed by atoms with Gasteiger partial charge in [-0.15, -0.1) is 0 Å². The minimum Gasteiger partial charge on any atom is -0.320 e. The number of benzene rings is 1. The molecule has 1 aliphatic rings. The summed E-state index contributed by atoms with van der Waals surface area (Å²) in [5.41, 5.74) is 7.83. The lowest BCUT2D eigenvalue weighted by atomic mass is 9.81. The third-order valence-electron chi connectivity index (χ3n) is 4.75. The second kappa shape index (κ2) is 7.24. The number of likely N-dealkylation sites (tertiary alicyclic amines) is 1. The van der Waals surface area contributed by atoms with Gasteiger partial charge in [0.1, 0.15) is 0 Å². The van der Waals surface area contributed by atoms with Crippen LogP contribution in [0.2, 0.25) is 0 Å². The molecule has 1 aliphatic heterocycles. The second-order valence-electron chi connectivity index (χ2n) is 6.40. The van der Waals surface area contributed by atoms with Gasteiger partial charge in [-0.05, 0) is 44.8 Å². The van der Waals surface area contributed by atoms with Crippen LogP contribution in [0.15, 0.2) is 30.3 Å². The summed E-state index contributed by atoms with van der Waals surface area (Å²) >= 11 is 0. The molecule has 0 aliphatic carbocycles. The standard InChI is InChI=1S/C18H30N2/c1-3-4-13-17(20-14-9-6-10-15-20)18(2,19)16-11-7-5-8-12-16/h5,7-8,11-12,17H,3-4,6,9-10,13-15,19H2,1-2H3. The number of nitrogens with zero attached hydrogens (tertiary/aromatic N) is 1. The van der Waals surface area contributed by atoms with Crippen LogP contribution < -0.4 is 5.73 Å². The number of hydrogen-bond donors (Lipinski definition) is 1. The van der Waals surface area contributed by atoms with Crippen LogP contribution in [0.4, 0.5) is 0 Å². The summed E-state index contributed by atoms with van der Waals surface area (Å²) < 4.78 is 0. The van der Waals surface area contributed by atoms with Gasteiger partial charge in [0.15, 0.2) is 0 Å². The van der Waals surface area contributed by atoms with Crippen LogP contribution in [0.1, 0.15) is 57.9 Å². The predicted octanol–water partition coefficient (Wildman–Crippen LogP) is 3.91. The number of hydrogen-bond acceptors (Lipinski definition) is 2. The van der Waals surface area contributed by atoms with Crippen LogP contribution in [-0.2, 0) is 5.54 Å². The Balaban J connectivity index is 2.19. The average Bonchev–Trinajstić information content (AvgIpc) is 2.49. The van der Waals surface area contributed by atoms with Gasteiger partial charge in [-0.2, -0.15) is 0 Å². The minimum absolute atomic E-state index is 0.256. The van der Waals surface area contributed by atoms with Gasteiger partial charge in [-0.1, -0.05) is 56.5 Å². The molecule has 2 atom stereocenters. The van der Waals surface area contributed by atoms with E-state index in [9.17, 15) is 0 Å². The number of piperidine rings is 1. The van der Waals surface area contributed by atoms with Crippen LogP contribution in [0, 0.1) is 0 Å². The summed E-state index contributed by atoms with van der Waals surface area (Å²) in [6, 6.07) is 11.1. The summed E-state index contributed by atoms with van der Waals surface area (Å²) in [7, 11) is 0. The van der Waals surface area contributed by atoms with Gasteiger partial charge >= 0.3 is 0 Å². The first-order valence-electron chi connectivity index (χ1n) is 8.24. The van der Waals surface area contributed by atoms with E-state index in [1.807, 2.05) is 0 Å². The van der Waals surface area contributed by atoms with Crippen molar-refractivity contribution < 1.29 is 0 Å². The Labute approximate surface area is 124 Å². The van der Waals surface area contributed by atoms with Crippen molar-refractivity contribution in [3.05, 3.63) is 35.9 Å². The molecule has 0 spiro atoms. The molecule has 1 aromatic rings. The zero-order valence-corrected chi connectivity index (χ0v) is 13.1. The molecule has 1 fully saturated rings. The molecular formula is C18H30N2. The molecule has 2 N–H and O–H groups in total. The molecular weight excluding hydrogens is 244 g/mol. The predicted molar refractivity (Wildman–Crippen MR) is 86.7 cm³/mol. The molecule has 20 heavy (non-hydrogen) atoms. The molecule has 1 heterocycles. The van der Waals surface area contributed by atoms with Crippen LogP contribution in [0.3, 0.4) is 0 Å². The van der Waals surface area contributed by atoms with E-state index in [1.54, 1.807) is 0 Å². The van der Waals surface area contributed by atoms with E-state index in [4.69, 9.17) is 5.73 Å². The molecule has 1 aromatic carbocycles. The van der Waals surface area contributed by atoms with Gasteiger partial charge in [0.05, 0.1) is 5.54 Å². The Morgan fingerprint density at radius 2 is 1.80 bits per heavy atom. The lowest BCUT2D eigenvalue weighted by molar-refractivity contribution is 0.0951. The minimum atomic E-state index is -0.256. The van der Waals surface area contributed by atoms with Crippen LogP contribution >= 0.6 is 0 Å². The lowest BCUT2D eigenvalue weighted by Crippen LogP contribution is -2.55. The zero-order valence-electron chi connectivity index (χ0n) is 13.1. The number of rotatable bonds is 6. The van der Waals surface area contributed by atoms with E-state index in [0.29, 0.717) is 6.04 Å². The molecule has 0 bridgehead atoms. The Hall–Kier alpha value is -0.860. The van der Waals surface area contributed by atoms with Crippen LogP contribution in [0.5, 0.6) is 0 Å². The fourth-order valence-electron chi connectivity index (χ4n) is 3.48. The van der Waals surface area contributed by atoms with Crippen molar-refractivity contribution in [3.8, 4) is 0 Å². The van der Waals surface area contributed by atoms with E-state index in [-0.39, 0.29) is 5.54 Å². The summed E-state index contributed by atoms with van der Waals surface area (Å²) in [6.07, 6.45) is 7.75. The van der Waals surface area contributed by atoms with Gasteiger partial charge in [0.2, 0.25) is 0 Å². The van der Waals surface area contributed by atoms with Crippen molar-refractivity contribution in [2.24, 2.45) is 5.73 Å². The van der Waals surface area contributed by atoms with E-state index in [1.165, 1.54) is 57.2 Å². The fourth-order valence-corrected chi connectivity index (χ4v) is 3.48. The third kappa shape index (κ3) is 3.62. The molecule has 112 valence electrons. The van der Waals surface area contributed by atoms with Gasteiger partial charge < -0.3 is 5.73 Å². The first kappa shape index (κ1) is 15.5. The topological polar surface area (TPSA) is 29.3 Å². The van der Waals surface area contributed by atoms with E-state index >= 15 is 0 Å². The third-order valence-corrected chi connectivity index (χ3v) is 4.75. The quantitative estimate of drug-likeness (QED) is 0.852. The smallest absolute Gasteiger partial charge is 0.0538 e. The summed E-state index contributed by atoms with van der Waals surface area (Å²) in [5, 5.41) is 0. The van der Waals surface area contributed by atoms with Gasteiger partial charge in [0.25, 0.3) is 0 Å². The molecule has 1 saturated heterocycles. The summed E-state index contributed by atoms with van der Waals surface area (Å²) in [4.78, 5) is 2.64. The highest BCUT2D eigenvalue weighted by Gasteiger charge is 2.35. The molecule has 0 saturated carbocycles. The second-order valence-corrected chi connectivity index (χ2v) is 6.40. The highest BCUT2D eigenvalue weighted by molar-refractivity contribution is 5.25. The van der Waals surface area contributed by atoms with Crippen molar-refractivity contribution in [2.75, 3.05) is 13.1 Å². The lowest BCUT2D eigenvalue weighted by Gasteiger charge is -2.44. The summed E-state index contributed by atoms with van der Waals surface area (Å²) in [5.74, 6) is 0. The molecule has 2 unspecified atom stereocenters. The highest BCUT2D eigenvalue weighted by atomic mass is 15.2. The molecule has 2 heteroatoms. The Kier molecular flexibility index (Phi) is 5.62. The van der Waals surface area contributed by atoms with Gasteiger partial charge in [-0.25, -0.2) is 0 Å². The van der Waals surface area contributed by atoms with Gasteiger partial charge in [-0.3, -0.25) is 4.90 Å². The maximum atomic E-state index is 6.81. The first-order valence-corrected chi connectivity index (χ1v) is 8.24. The van der Waals surface area contributed by atoms with Crippen molar-refractivity contribution in [3.63, 3.8) is 0 Å². The molecule has 0 aromatic heterocycles. The highest BCUT2D eigenvalue weighted by Crippen LogP contribution is 2.30. The van der Waals surface area contributed by atoms with E-state index in [0.717, 1.165) is 0 Å². The molecule has 2 nitrogen and oxygen atoms in total. The Morgan fingerprint density at radius 3 is 2.40 bits per heavy atom. The first-order chi connectivity index (χ1) is 9.66. The van der Waals surface area contributed by atoms with E-state index in [2.05, 4.69) is 49.1 Å². The number of nitrogens with two attached hydrogens (primary N) is 1. The number of unbranched alkanes of at least 4 members (excludes halogenated alkanes) is 1. The van der Waals surface area contributed by atoms with Crippen molar-refractivity contribution in [2.45, 2.75) is 64.0 Å². The zero-order chi connectivity index (χ0) is 14.4. The average molecular weight is 274 g/mol. The largest absolute Gasteiger partial charge is 0.320 e. The van der Waals surface area contributed by atoms with Crippen molar-refractivity contribution >= 4 is 0 Å². The van der Waals surface area contributed by atoms with Crippen LogP contribution in [-0.4, -0.2) is 24.0 Å². The molecule has 2 rings (SSSR count). The maximum Gasteiger partial charge on any atom is 0.0538 e.